The molecule has 9 nitrogen and oxygen atoms in total. The summed E-state index contributed by atoms with van der Waals surface area (Å²) in [6.45, 7) is 0.663. The zero-order chi connectivity index (χ0) is 29.5. The van der Waals surface area contributed by atoms with Gasteiger partial charge in [-0.1, -0.05) is 78.9 Å². The lowest BCUT2D eigenvalue weighted by Crippen LogP contribution is -2.55. The van der Waals surface area contributed by atoms with Crippen LogP contribution in [0.5, 0.6) is 0 Å². The van der Waals surface area contributed by atoms with Crippen LogP contribution < -0.4 is 5.32 Å². The Labute approximate surface area is 240 Å². The van der Waals surface area contributed by atoms with Gasteiger partial charge in [-0.25, -0.2) is 4.79 Å². The van der Waals surface area contributed by atoms with Crippen molar-refractivity contribution in [2.24, 2.45) is 5.92 Å². The first kappa shape index (κ1) is 29.3. The van der Waals surface area contributed by atoms with Gasteiger partial charge in [-0.05, 0) is 28.0 Å². The van der Waals surface area contributed by atoms with Gasteiger partial charge in [0.2, 0.25) is 17.7 Å². The van der Waals surface area contributed by atoms with Crippen LogP contribution in [-0.4, -0.2) is 89.9 Å². The monoisotopic (exact) mass is 556 g/mol. The fourth-order valence-electron chi connectivity index (χ4n) is 5.06. The van der Waals surface area contributed by atoms with Crippen LogP contribution in [0.25, 0.3) is 10.8 Å². The standard InChI is InChI=1S/C32H36N4O5/c1-33-30(38)27(18-22-9-5-4-6-10-22)35(3)31(39)28(19-23-13-15-25-11-7-8-12-26(25)17-23)34(2)29(37)16-14-24-20-36(21-24)32(40)41/h4-17,24,27-28H,18-21H2,1-3H3,(H,33,38)(H,40,41)/b16-14+/t27-,28-/m1/s1. The second kappa shape index (κ2) is 13.1. The largest absolute Gasteiger partial charge is 0.465 e. The summed E-state index contributed by atoms with van der Waals surface area (Å²) in [6, 6.07) is 21.7. The third-order valence-corrected chi connectivity index (χ3v) is 7.67. The molecular formula is C32H36N4O5. The molecule has 0 spiro atoms. The third kappa shape index (κ3) is 7.11. The molecule has 1 fully saturated rings. The number of rotatable bonds is 10. The SMILES string of the molecule is CNC(=O)[C@@H](Cc1ccccc1)N(C)C(=O)[C@@H](Cc1ccc2ccccc2c1)N(C)C(=O)/C=C/C1CN(C(=O)O)C1. The summed E-state index contributed by atoms with van der Waals surface area (Å²) in [4.78, 5) is 55.5. The molecule has 0 bridgehead atoms. The minimum atomic E-state index is -0.983. The molecule has 3 aromatic carbocycles. The Hall–Kier alpha value is -4.66. The molecule has 9 heteroatoms. The summed E-state index contributed by atoms with van der Waals surface area (Å²) in [5, 5.41) is 13.8. The van der Waals surface area contributed by atoms with E-state index in [1.165, 1.54) is 27.8 Å². The summed E-state index contributed by atoms with van der Waals surface area (Å²) in [7, 11) is 4.72. The fourth-order valence-corrected chi connectivity index (χ4v) is 5.06. The van der Waals surface area contributed by atoms with Crippen LogP contribution in [0, 0.1) is 5.92 Å². The van der Waals surface area contributed by atoms with E-state index in [4.69, 9.17) is 5.11 Å². The van der Waals surface area contributed by atoms with Gasteiger partial charge in [0, 0.05) is 53.0 Å². The first-order valence-electron chi connectivity index (χ1n) is 13.6. The molecule has 0 aliphatic carbocycles. The highest BCUT2D eigenvalue weighted by Gasteiger charge is 2.35. The van der Waals surface area contributed by atoms with Crippen LogP contribution in [-0.2, 0) is 27.2 Å². The van der Waals surface area contributed by atoms with Gasteiger partial charge in [0.25, 0.3) is 0 Å². The van der Waals surface area contributed by atoms with Crippen molar-refractivity contribution in [2.45, 2.75) is 24.9 Å². The highest BCUT2D eigenvalue weighted by molar-refractivity contribution is 5.95. The number of carboxylic acid groups (broad SMARTS) is 1. The number of carbonyl (C=O) groups excluding carboxylic acids is 3. The summed E-state index contributed by atoms with van der Waals surface area (Å²) in [6.07, 6.45) is 2.70. The molecule has 0 radical (unpaired) electrons. The lowest BCUT2D eigenvalue weighted by molar-refractivity contribution is -0.146. The maximum absolute atomic E-state index is 14.1. The summed E-state index contributed by atoms with van der Waals surface area (Å²) in [5.41, 5.74) is 1.80. The Kier molecular flexibility index (Phi) is 9.39. The molecular weight excluding hydrogens is 520 g/mol. The van der Waals surface area contributed by atoms with Crippen LogP contribution in [0.3, 0.4) is 0 Å². The zero-order valence-corrected chi connectivity index (χ0v) is 23.6. The molecule has 0 aromatic heterocycles. The summed E-state index contributed by atoms with van der Waals surface area (Å²) in [5.74, 6) is -1.07. The van der Waals surface area contributed by atoms with Gasteiger partial charge in [0.15, 0.2) is 0 Å². The van der Waals surface area contributed by atoms with Gasteiger partial charge in [-0.15, -0.1) is 0 Å². The first-order chi connectivity index (χ1) is 19.7. The quantitative estimate of drug-likeness (QED) is 0.373. The van der Waals surface area contributed by atoms with E-state index in [1.807, 2.05) is 72.8 Å². The van der Waals surface area contributed by atoms with Crippen LogP contribution in [0.1, 0.15) is 11.1 Å². The Morgan fingerprint density at radius 1 is 0.878 bits per heavy atom. The van der Waals surface area contributed by atoms with Gasteiger partial charge < -0.3 is 25.1 Å². The third-order valence-electron chi connectivity index (χ3n) is 7.67. The number of benzene rings is 3. The number of amides is 4. The molecule has 1 aliphatic heterocycles. The van der Waals surface area contributed by atoms with Gasteiger partial charge in [-0.3, -0.25) is 14.4 Å². The van der Waals surface area contributed by atoms with E-state index < -0.39 is 18.2 Å². The van der Waals surface area contributed by atoms with Crippen LogP contribution >= 0.6 is 0 Å². The van der Waals surface area contributed by atoms with Crippen molar-refractivity contribution < 1.29 is 24.3 Å². The average Bonchev–Trinajstić information content (AvgIpc) is 2.96. The fraction of sp³-hybridized carbons (Fsp3) is 0.312. The van der Waals surface area contributed by atoms with E-state index in [0.29, 0.717) is 19.5 Å². The molecule has 4 rings (SSSR count). The van der Waals surface area contributed by atoms with Crippen molar-refractivity contribution in [3.05, 3.63) is 96.1 Å². The zero-order valence-electron chi connectivity index (χ0n) is 23.6. The van der Waals surface area contributed by atoms with Gasteiger partial charge in [0.05, 0.1) is 0 Å². The number of likely N-dealkylation sites (N-methyl/N-ethyl adjacent to an activating group) is 3. The Morgan fingerprint density at radius 2 is 1.51 bits per heavy atom. The Bertz CT molecular complexity index is 1430. The van der Waals surface area contributed by atoms with Crippen molar-refractivity contribution in [1.82, 2.24) is 20.0 Å². The first-order valence-corrected chi connectivity index (χ1v) is 13.6. The lowest BCUT2D eigenvalue weighted by Gasteiger charge is -2.35. The summed E-state index contributed by atoms with van der Waals surface area (Å²) < 4.78 is 0. The predicted octanol–water partition coefficient (Wildman–Crippen LogP) is 3.19. The number of fused-ring (bicyclic) bond motifs is 1. The molecule has 4 amide bonds. The van der Waals surface area contributed by atoms with Crippen molar-refractivity contribution in [2.75, 3.05) is 34.2 Å². The van der Waals surface area contributed by atoms with E-state index in [1.54, 1.807) is 20.2 Å². The second-order valence-corrected chi connectivity index (χ2v) is 10.4. The predicted molar refractivity (Wildman–Crippen MR) is 157 cm³/mol. The van der Waals surface area contributed by atoms with Crippen molar-refractivity contribution >= 4 is 34.6 Å². The lowest BCUT2D eigenvalue weighted by atomic mass is 9.98. The molecule has 214 valence electrons. The molecule has 41 heavy (non-hydrogen) atoms. The molecule has 1 aliphatic rings. The van der Waals surface area contributed by atoms with Crippen molar-refractivity contribution in [3.63, 3.8) is 0 Å². The number of nitrogens with one attached hydrogen (secondary N) is 1. The maximum Gasteiger partial charge on any atom is 0.407 e. The van der Waals surface area contributed by atoms with E-state index >= 15 is 0 Å². The molecule has 3 aromatic rings. The van der Waals surface area contributed by atoms with Gasteiger partial charge in [0.1, 0.15) is 12.1 Å². The molecule has 1 heterocycles. The minimum Gasteiger partial charge on any atom is -0.465 e. The normalized spacial score (nSPS) is 14.8. The summed E-state index contributed by atoms with van der Waals surface area (Å²) >= 11 is 0. The van der Waals surface area contributed by atoms with Gasteiger partial charge in [-0.2, -0.15) is 0 Å². The van der Waals surface area contributed by atoms with E-state index in [9.17, 15) is 19.2 Å². The number of likely N-dealkylation sites (tertiary alicyclic amines) is 1. The minimum absolute atomic E-state index is 0.0516. The smallest absolute Gasteiger partial charge is 0.407 e. The molecule has 1 saturated heterocycles. The highest BCUT2D eigenvalue weighted by Crippen LogP contribution is 2.21. The van der Waals surface area contributed by atoms with Crippen LogP contribution in [0.15, 0.2) is 84.9 Å². The molecule has 2 atom stereocenters. The van der Waals surface area contributed by atoms with Crippen LogP contribution in [0.2, 0.25) is 0 Å². The second-order valence-electron chi connectivity index (χ2n) is 10.4. The number of hydrogen-bond acceptors (Lipinski definition) is 4. The van der Waals surface area contributed by atoms with Crippen LogP contribution in [0.4, 0.5) is 4.79 Å². The Morgan fingerprint density at radius 3 is 2.17 bits per heavy atom. The van der Waals surface area contributed by atoms with Gasteiger partial charge >= 0.3 is 6.09 Å². The van der Waals surface area contributed by atoms with Crippen molar-refractivity contribution in [3.8, 4) is 0 Å². The molecule has 0 unspecified atom stereocenters. The average molecular weight is 557 g/mol. The maximum atomic E-state index is 14.1. The highest BCUT2D eigenvalue weighted by atomic mass is 16.4. The molecule has 2 N–H and O–H groups in total. The van der Waals surface area contributed by atoms with E-state index in [0.717, 1.165) is 21.9 Å². The topological polar surface area (TPSA) is 110 Å². The number of hydrogen-bond donors (Lipinski definition) is 2. The van der Waals surface area contributed by atoms with Crippen molar-refractivity contribution in [1.29, 1.82) is 0 Å². The van der Waals surface area contributed by atoms with E-state index in [2.05, 4.69) is 5.32 Å². The molecule has 0 saturated carbocycles. The number of nitrogens with zero attached hydrogens (tertiary/aromatic N) is 3. The Balaban J connectivity index is 1.59. The number of carbonyl (C=O) groups is 4. The van der Waals surface area contributed by atoms with E-state index in [-0.39, 0.29) is 30.1 Å².